The largest absolute Gasteiger partial charge is 0.326 e. The number of rotatable bonds is 6. The summed E-state index contributed by atoms with van der Waals surface area (Å²) in [4.78, 5) is 0. The summed E-state index contributed by atoms with van der Waals surface area (Å²) in [5.41, 5.74) is 6.36. The molecule has 17 heavy (non-hydrogen) atoms. The minimum absolute atomic E-state index is 0.154. The van der Waals surface area contributed by atoms with Gasteiger partial charge < -0.3 is 5.73 Å². The summed E-state index contributed by atoms with van der Waals surface area (Å²) in [6.07, 6.45) is 3.53. The lowest BCUT2D eigenvalue weighted by Crippen LogP contribution is -2.32. The second kappa shape index (κ2) is 4.89. The Labute approximate surface area is 106 Å². The molecule has 2 N–H and O–H groups in total. The van der Waals surface area contributed by atoms with E-state index in [2.05, 4.69) is 6.58 Å². The third-order valence-corrected chi connectivity index (χ3v) is 6.07. The van der Waals surface area contributed by atoms with E-state index in [1.165, 1.54) is 15.6 Å². The number of hydrogen-bond donors (Lipinski definition) is 1. The van der Waals surface area contributed by atoms with Crippen LogP contribution in [0.15, 0.2) is 28.3 Å². The van der Waals surface area contributed by atoms with Gasteiger partial charge in [-0.1, -0.05) is 6.08 Å². The predicted molar refractivity (Wildman–Crippen MR) is 69.3 cm³/mol. The summed E-state index contributed by atoms with van der Waals surface area (Å²) in [6, 6.07) is 1.82. The van der Waals surface area contributed by atoms with Crippen molar-refractivity contribution >= 4 is 21.4 Å². The van der Waals surface area contributed by atoms with Crippen LogP contribution in [0.1, 0.15) is 18.4 Å². The first-order valence-electron chi connectivity index (χ1n) is 5.50. The molecular weight excluding hydrogens is 256 g/mol. The van der Waals surface area contributed by atoms with Gasteiger partial charge in [0.2, 0.25) is 0 Å². The molecule has 0 spiro atoms. The molecule has 0 radical (unpaired) electrons. The van der Waals surface area contributed by atoms with Crippen LogP contribution in [0.5, 0.6) is 0 Å². The fourth-order valence-corrected chi connectivity index (χ4v) is 4.65. The lowest BCUT2D eigenvalue weighted by atomic mass is 10.4. The summed E-state index contributed by atoms with van der Waals surface area (Å²) < 4.78 is 26.7. The zero-order chi connectivity index (χ0) is 12.5. The number of nitrogens with two attached hydrogens (primary N) is 1. The lowest BCUT2D eigenvalue weighted by molar-refractivity contribution is 0.437. The van der Waals surface area contributed by atoms with E-state index in [0.29, 0.717) is 17.3 Å². The number of hydrogen-bond acceptors (Lipinski definition) is 4. The van der Waals surface area contributed by atoms with Crippen LogP contribution in [-0.2, 0) is 16.6 Å². The van der Waals surface area contributed by atoms with E-state index in [1.54, 1.807) is 17.5 Å². The Morgan fingerprint density at radius 2 is 2.29 bits per heavy atom. The van der Waals surface area contributed by atoms with Crippen LogP contribution in [0.25, 0.3) is 0 Å². The Balaban J connectivity index is 2.29. The maximum atomic E-state index is 12.4. The normalized spacial score (nSPS) is 16.4. The molecule has 1 saturated carbocycles. The van der Waals surface area contributed by atoms with E-state index in [0.717, 1.165) is 18.4 Å². The molecule has 6 heteroatoms. The van der Waals surface area contributed by atoms with Crippen molar-refractivity contribution in [2.45, 2.75) is 29.6 Å². The highest BCUT2D eigenvalue weighted by Gasteiger charge is 2.37. The van der Waals surface area contributed by atoms with Crippen LogP contribution in [0.2, 0.25) is 0 Å². The lowest BCUT2D eigenvalue weighted by Gasteiger charge is -2.18. The molecule has 94 valence electrons. The van der Waals surface area contributed by atoms with Gasteiger partial charge in [-0.2, -0.15) is 4.31 Å². The van der Waals surface area contributed by atoms with Gasteiger partial charge in [-0.25, -0.2) is 8.42 Å². The molecule has 1 aliphatic rings. The predicted octanol–water partition coefficient (Wildman–Crippen LogP) is 1.55. The molecule has 0 aliphatic heterocycles. The molecule has 1 aliphatic carbocycles. The van der Waals surface area contributed by atoms with Gasteiger partial charge >= 0.3 is 0 Å². The minimum Gasteiger partial charge on any atom is -0.326 e. The third kappa shape index (κ3) is 2.60. The van der Waals surface area contributed by atoms with Crippen LogP contribution >= 0.6 is 11.3 Å². The summed E-state index contributed by atoms with van der Waals surface area (Å²) >= 11 is 1.24. The summed E-state index contributed by atoms with van der Waals surface area (Å²) in [7, 11) is -3.36. The standard InChI is InChI=1S/C11H16N2O2S2/c1-2-5-13(10-3-4-10)17(14,15)11-6-9(7-12)8-16-11/h2,6,8,10H,1,3-5,7,12H2. The first-order valence-corrected chi connectivity index (χ1v) is 7.81. The molecule has 0 amide bonds. The Bertz CT molecular complexity index is 503. The number of nitrogens with zero attached hydrogens (tertiary/aromatic N) is 1. The van der Waals surface area contributed by atoms with Crippen molar-refractivity contribution in [3.8, 4) is 0 Å². The Kier molecular flexibility index (Phi) is 3.67. The van der Waals surface area contributed by atoms with Gasteiger partial charge in [0.05, 0.1) is 0 Å². The first-order chi connectivity index (χ1) is 8.09. The average Bonchev–Trinajstić information content (AvgIpc) is 3.01. The molecule has 1 aromatic heterocycles. The Morgan fingerprint density at radius 3 is 2.76 bits per heavy atom. The van der Waals surface area contributed by atoms with Crippen LogP contribution in [0, 0.1) is 0 Å². The zero-order valence-electron chi connectivity index (χ0n) is 9.50. The van der Waals surface area contributed by atoms with Crippen LogP contribution < -0.4 is 5.73 Å². The summed E-state index contributed by atoms with van der Waals surface area (Å²) in [5, 5.41) is 1.80. The van der Waals surface area contributed by atoms with Crippen molar-refractivity contribution < 1.29 is 8.42 Å². The van der Waals surface area contributed by atoms with E-state index in [9.17, 15) is 8.42 Å². The van der Waals surface area contributed by atoms with Gasteiger partial charge in [0, 0.05) is 19.1 Å². The van der Waals surface area contributed by atoms with Crippen molar-refractivity contribution in [3.05, 3.63) is 29.7 Å². The molecular formula is C11H16N2O2S2. The SMILES string of the molecule is C=CCN(C1CC1)S(=O)(=O)c1cc(CN)cs1. The molecule has 1 aromatic rings. The molecule has 0 atom stereocenters. The van der Waals surface area contributed by atoms with Crippen molar-refractivity contribution in [1.82, 2.24) is 4.31 Å². The topological polar surface area (TPSA) is 63.4 Å². The van der Waals surface area contributed by atoms with Gasteiger partial charge in [0.15, 0.2) is 0 Å². The molecule has 0 bridgehead atoms. The van der Waals surface area contributed by atoms with Crippen molar-refractivity contribution in [1.29, 1.82) is 0 Å². The Hall–Kier alpha value is -0.690. The average molecular weight is 272 g/mol. The van der Waals surface area contributed by atoms with Gasteiger partial charge in [0.25, 0.3) is 10.0 Å². The zero-order valence-corrected chi connectivity index (χ0v) is 11.1. The van der Waals surface area contributed by atoms with Crippen molar-refractivity contribution in [2.24, 2.45) is 5.73 Å². The number of thiophene rings is 1. The third-order valence-electron chi connectivity index (χ3n) is 2.69. The highest BCUT2D eigenvalue weighted by molar-refractivity contribution is 7.91. The highest BCUT2D eigenvalue weighted by Crippen LogP contribution is 2.33. The fourth-order valence-electron chi connectivity index (χ4n) is 1.64. The van der Waals surface area contributed by atoms with Gasteiger partial charge in [-0.15, -0.1) is 17.9 Å². The van der Waals surface area contributed by atoms with Crippen molar-refractivity contribution in [3.63, 3.8) is 0 Å². The molecule has 0 aromatic carbocycles. The fraction of sp³-hybridized carbons (Fsp3) is 0.455. The molecule has 1 heterocycles. The van der Waals surface area contributed by atoms with E-state index in [4.69, 9.17) is 5.73 Å². The summed E-state index contributed by atoms with van der Waals surface area (Å²) in [5.74, 6) is 0. The molecule has 4 nitrogen and oxygen atoms in total. The maximum absolute atomic E-state index is 12.4. The van der Waals surface area contributed by atoms with Gasteiger partial charge in [0.1, 0.15) is 4.21 Å². The van der Waals surface area contributed by atoms with E-state index >= 15 is 0 Å². The van der Waals surface area contributed by atoms with Crippen molar-refractivity contribution in [2.75, 3.05) is 6.54 Å². The summed E-state index contributed by atoms with van der Waals surface area (Å²) in [6.45, 7) is 4.37. The maximum Gasteiger partial charge on any atom is 0.253 e. The molecule has 2 rings (SSSR count). The highest BCUT2D eigenvalue weighted by atomic mass is 32.2. The second-order valence-electron chi connectivity index (χ2n) is 4.07. The molecule has 0 saturated heterocycles. The quantitative estimate of drug-likeness (QED) is 0.799. The Morgan fingerprint density at radius 1 is 1.59 bits per heavy atom. The molecule has 1 fully saturated rings. The smallest absolute Gasteiger partial charge is 0.253 e. The van der Waals surface area contributed by atoms with E-state index in [-0.39, 0.29) is 6.04 Å². The van der Waals surface area contributed by atoms with E-state index in [1.807, 2.05) is 0 Å². The van der Waals surface area contributed by atoms with E-state index < -0.39 is 10.0 Å². The van der Waals surface area contributed by atoms with Gasteiger partial charge in [-0.3, -0.25) is 0 Å². The number of sulfonamides is 1. The first kappa shape index (κ1) is 12.8. The van der Waals surface area contributed by atoms with Gasteiger partial charge in [-0.05, 0) is 29.9 Å². The van der Waals surface area contributed by atoms with Crippen LogP contribution in [-0.4, -0.2) is 25.3 Å². The minimum atomic E-state index is -3.36. The van der Waals surface area contributed by atoms with Crippen LogP contribution in [0.3, 0.4) is 0 Å². The second-order valence-corrected chi connectivity index (χ2v) is 7.10. The monoisotopic (exact) mass is 272 g/mol. The van der Waals surface area contributed by atoms with Crippen LogP contribution in [0.4, 0.5) is 0 Å². The molecule has 0 unspecified atom stereocenters.